The van der Waals surface area contributed by atoms with Gasteiger partial charge in [-0.05, 0) is 36.2 Å². The Balaban J connectivity index is 1.49. The minimum absolute atomic E-state index is 0.135. The topological polar surface area (TPSA) is 36.4 Å². The van der Waals surface area contributed by atoms with Gasteiger partial charge in [0, 0.05) is 44.8 Å². The number of halogens is 1. The quantitative estimate of drug-likeness (QED) is 0.839. The standard InChI is InChI=1S/C20H24FN3O/c1-16(13-17-5-4-6-18(21)14-17)20(25)24-11-9-23(10-12-24)15-19-7-2-3-8-22-19/h2-8,14,16H,9-13,15H2,1H3/t16-/m0/s1. The van der Waals surface area contributed by atoms with Crippen molar-refractivity contribution in [2.75, 3.05) is 26.2 Å². The molecule has 1 aliphatic rings. The molecule has 1 amide bonds. The molecular formula is C20H24FN3O. The summed E-state index contributed by atoms with van der Waals surface area (Å²) in [6.45, 7) is 5.93. The Bertz CT molecular complexity index is 699. The molecule has 0 unspecified atom stereocenters. The van der Waals surface area contributed by atoms with Crippen molar-refractivity contribution in [3.05, 3.63) is 65.7 Å². The van der Waals surface area contributed by atoms with Crippen LogP contribution in [0.4, 0.5) is 4.39 Å². The predicted octanol–water partition coefficient (Wildman–Crippen LogP) is 2.74. The molecule has 1 aromatic carbocycles. The summed E-state index contributed by atoms with van der Waals surface area (Å²) < 4.78 is 13.3. The zero-order chi connectivity index (χ0) is 17.6. The number of benzene rings is 1. The van der Waals surface area contributed by atoms with Crippen molar-refractivity contribution in [3.8, 4) is 0 Å². The molecule has 5 heteroatoms. The summed E-state index contributed by atoms with van der Waals surface area (Å²) in [4.78, 5) is 21.3. The average Bonchev–Trinajstić information content (AvgIpc) is 2.62. The maximum absolute atomic E-state index is 13.3. The van der Waals surface area contributed by atoms with E-state index in [0.717, 1.165) is 44.0 Å². The van der Waals surface area contributed by atoms with Gasteiger partial charge in [0.05, 0.1) is 5.69 Å². The molecule has 1 saturated heterocycles. The van der Waals surface area contributed by atoms with E-state index in [2.05, 4.69) is 9.88 Å². The van der Waals surface area contributed by atoms with Crippen LogP contribution in [-0.2, 0) is 17.8 Å². The van der Waals surface area contributed by atoms with Crippen LogP contribution in [0.1, 0.15) is 18.2 Å². The Hall–Kier alpha value is -2.27. The Labute approximate surface area is 148 Å². The van der Waals surface area contributed by atoms with Gasteiger partial charge in [0.2, 0.25) is 5.91 Å². The number of hydrogen-bond acceptors (Lipinski definition) is 3. The van der Waals surface area contributed by atoms with E-state index in [9.17, 15) is 9.18 Å². The Morgan fingerprint density at radius 2 is 1.96 bits per heavy atom. The highest BCUT2D eigenvalue weighted by molar-refractivity contribution is 5.79. The molecule has 0 saturated carbocycles. The number of carbonyl (C=O) groups excluding carboxylic acids is 1. The third-order valence-corrected chi connectivity index (χ3v) is 4.65. The maximum Gasteiger partial charge on any atom is 0.225 e. The summed E-state index contributed by atoms with van der Waals surface area (Å²) in [7, 11) is 0. The smallest absolute Gasteiger partial charge is 0.225 e. The van der Waals surface area contributed by atoms with E-state index in [0.29, 0.717) is 6.42 Å². The normalized spacial score (nSPS) is 16.6. The molecule has 2 heterocycles. The summed E-state index contributed by atoms with van der Waals surface area (Å²) in [6.07, 6.45) is 2.38. The van der Waals surface area contributed by atoms with E-state index in [1.165, 1.54) is 12.1 Å². The number of aromatic nitrogens is 1. The van der Waals surface area contributed by atoms with Crippen molar-refractivity contribution < 1.29 is 9.18 Å². The molecule has 1 fully saturated rings. The van der Waals surface area contributed by atoms with Crippen LogP contribution in [0, 0.1) is 11.7 Å². The fourth-order valence-corrected chi connectivity index (χ4v) is 3.26. The summed E-state index contributed by atoms with van der Waals surface area (Å²) in [5, 5.41) is 0. The number of amides is 1. The molecule has 1 aliphatic heterocycles. The van der Waals surface area contributed by atoms with Crippen LogP contribution in [-0.4, -0.2) is 46.9 Å². The maximum atomic E-state index is 13.3. The molecule has 0 spiro atoms. The molecule has 3 rings (SSSR count). The van der Waals surface area contributed by atoms with E-state index < -0.39 is 0 Å². The van der Waals surface area contributed by atoms with E-state index in [4.69, 9.17) is 0 Å². The van der Waals surface area contributed by atoms with E-state index in [1.807, 2.05) is 42.3 Å². The zero-order valence-electron chi connectivity index (χ0n) is 14.6. The van der Waals surface area contributed by atoms with Crippen LogP contribution in [0.15, 0.2) is 48.7 Å². The van der Waals surface area contributed by atoms with Crippen molar-refractivity contribution >= 4 is 5.91 Å². The molecule has 0 bridgehead atoms. The molecular weight excluding hydrogens is 317 g/mol. The van der Waals surface area contributed by atoms with E-state index >= 15 is 0 Å². The van der Waals surface area contributed by atoms with Crippen molar-refractivity contribution in [2.24, 2.45) is 5.92 Å². The van der Waals surface area contributed by atoms with Crippen molar-refractivity contribution in [1.82, 2.24) is 14.8 Å². The van der Waals surface area contributed by atoms with Crippen LogP contribution in [0.5, 0.6) is 0 Å². The first-order valence-electron chi connectivity index (χ1n) is 8.77. The van der Waals surface area contributed by atoms with E-state index in [1.54, 1.807) is 6.07 Å². The molecule has 2 aromatic rings. The summed E-state index contributed by atoms with van der Waals surface area (Å²) in [5.41, 5.74) is 1.93. The summed E-state index contributed by atoms with van der Waals surface area (Å²) in [6, 6.07) is 12.4. The molecule has 1 aromatic heterocycles. The molecule has 132 valence electrons. The first kappa shape index (κ1) is 17.5. The third-order valence-electron chi connectivity index (χ3n) is 4.65. The number of nitrogens with zero attached hydrogens (tertiary/aromatic N) is 3. The van der Waals surface area contributed by atoms with Gasteiger partial charge in [-0.3, -0.25) is 14.7 Å². The highest BCUT2D eigenvalue weighted by Crippen LogP contribution is 2.15. The fraction of sp³-hybridized carbons (Fsp3) is 0.400. The van der Waals surface area contributed by atoms with Crippen LogP contribution in [0.2, 0.25) is 0 Å². The van der Waals surface area contributed by atoms with Gasteiger partial charge in [0.25, 0.3) is 0 Å². The lowest BCUT2D eigenvalue weighted by Gasteiger charge is -2.35. The minimum atomic E-state index is -0.250. The molecule has 4 nitrogen and oxygen atoms in total. The van der Waals surface area contributed by atoms with Crippen LogP contribution < -0.4 is 0 Å². The molecule has 0 radical (unpaired) electrons. The summed E-state index contributed by atoms with van der Waals surface area (Å²) >= 11 is 0. The van der Waals surface area contributed by atoms with Gasteiger partial charge in [-0.25, -0.2) is 4.39 Å². The number of pyridine rings is 1. The first-order valence-corrected chi connectivity index (χ1v) is 8.77. The van der Waals surface area contributed by atoms with Crippen molar-refractivity contribution in [3.63, 3.8) is 0 Å². The van der Waals surface area contributed by atoms with E-state index in [-0.39, 0.29) is 17.6 Å². The van der Waals surface area contributed by atoms with Gasteiger partial charge in [0.1, 0.15) is 5.82 Å². The molecule has 0 N–H and O–H groups in total. The monoisotopic (exact) mass is 341 g/mol. The number of hydrogen-bond donors (Lipinski definition) is 0. The predicted molar refractivity (Wildman–Crippen MR) is 95.4 cm³/mol. The van der Waals surface area contributed by atoms with Crippen molar-refractivity contribution in [2.45, 2.75) is 19.9 Å². The highest BCUT2D eigenvalue weighted by atomic mass is 19.1. The highest BCUT2D eigenvalue weighted by Gasteiger charge is 2.25. The lowest BCUT2D eigenvalue weighted by molar-refractivity contribution is -0.136. The van der Waals surface area contributed by atoms with Gasteiger partial charge in [0.15, 0.2) is 0 Å². The number of rotatable bonds is 5. The first-order chi connectivity index (χ1) is 12.1. The molecule has 25 heavy (non-hydrogen) atoms. The van der Waals surface area contributed by atoms with Crippen LogP contribution >= 0.6 is 0 Å². The summed E-state index contributed by atoms with van der Waals surface area (Å²) in [5.74, 6) is -0.230. The second-order valence-electron chi connectivity index (χ2n) is 6.66. The largest absolute Gasteiger partial charge is 0.340 e. The van der Waals surface area contributed by atoms with Gasteiger partial charge in [-0.2, -0.15) is 0 Å². The molecule has 1 atom stereocenters. The lowest BCUT2D eigenvalue weighted by Crippen LogP contribution is -2.50. The van der Waals surface area contributed by atoms with Crippen molar-refractivity contribution in [1.29, 1.82) is 0 Å². The zero-order valence-corrected chi connectivity index (χ0v) is 14.6. The second kappa shape index (κ2) is 8.21. The Morgan fingerprint density at radius 1 is 1.16 bits per heavy atom. The third kappa shape index (κ3) is 4.86. The Kier molecular flexibility index (Phi) is 5.76. The molecule has 0 aliphatic carbocycles. The Morgan fingerprint density at radius 3 is 2.64 bits per heavy atom. The van der Waals surface area contributed by atoms with Gasteiger partial charge < -0.3 is 4.90 Å². The van der Waals surface area contributed by atoms with Gasteiger partial charge in [-0.15, -0.1) is 0 Å². The average molecular weight is 341 g/mol. The number of carbonyl (C=O) groups is 1. The SMILES string of the molecule is C[C@@H](Cc1cccc(F)c1)C(=O)N1CCN(Cc2ccccn2)CC1. The van der Waals surface area contributed by atoms with Crippen LogP contribution in [0.25, 0.3) is 0 Å². The minimum Gasteiger partial charge on any atom is -0.340 e. The van der Waals surface area contributed by atoms with Gasteiger partial charge in [-0.1, -0.05) is 25.1 Å². The fourth-order valence-electron chi connectivity index (χ4n) is 3.26. The second-order valence-corrected chi connectivity index (χ2v) is 6.66. The van der Waals surface area contributed by atoms with Crippen LogP contribution in [0.3, 0.4) is 0 Å². The lowest BCUT2D eigenvalue weighted by atomic mass is 9.99. The number of piperazine rings is 1. The van der Waals surface area contributed by atoms with Gasteiger partial charge >= 0.3 is 0 Å².